The van der Waals surface area contributed by atoms with Gasteiger partial charge < -0.3 is 10.4 Å². The summed E-state index contributed by atoms with van der Waals surface area (Å²) in [5, 5.41) is 12.3. The molecule has 1 amide bonds. The van der Waals surface area contributed by atoms with Crippen LogP contribution >= 0.6 is 39.1 Å². The van der Waals surface area contributed by atoms with Crippen LogP contribution in [0.15, 0.2) is 34.8 Å². The topological polar surface area (TPSA) is 49.3 Å². The summed E-state index contributed by atoms with van der Waals surface area (Å²) >= 11 is 14.5. The average molecular weight is 379 g/mol. The van der Waals surface area contributed by atoms with E-state index in [1.54, 1.807) is 0 Å². The standard InChI is InChI=1S/C13H7BrCl2FNO2/c14-8-3-1-2-7(11(8)17)13(20)18-10-5-6(15)4-9(16)12(10)19/h1-5,19H,(H,18,20). The lowest BCUT2D eigenvalue weighted by molar-refractivity contribution is 0.102. The summed E-state index contributed by atoms with van der Waals surface area (Å²) in [5.74, 6) is -1.75. The number of carbonyl (C=O) groups excluding carboxylic acids is 1. The van der Waals surface area contributed by atoms with Crippen molar-refractivity contribution in [2.24, 2.45) is 0 Å². The molecule has 0 saturated carbocycles. The summed E-state index contributed by atoms with van der Waals surface area (Å²) in [6.07, 6.45) is 0. The molecule has 0 aliphatic carbocycles. The minimum Gasteiger partial charge on any atom is -0.504 e. The second-order valence-corrected chi connectivity index (χ2v) is 5.54. The number of anilines is 1. The molecule has 0 fully saturated rings. The van der Waals surface area contributed by atoms with Crippen LogP contribution in [0, 0.1) is 5.82 Å². The molecule has 7 heteroatoms. The Hall–Kier alpha value is -1.30. The number of rotatable bonds is 2. The van der Waals surface area contributed by atoms with Gasteiger partial charge in [0, 0.05) is 5.02 Å². The van der Waals surface area contributed by atoms with E-state index in [0.29, 0.717) is 0 Å². The van der Waals surface area contributed by atoms with E-state index >= 15 is 0 Å². The summed E-state index contributed by atoms with van der Waals surface area (Å²) in [6, 6.07) is 6.95. The van der Waals surface area contributed by atoms with Crippen molar-refractivity contribution in [1.29, 1.82) is 0 Å². The number of halogens is 4. The van der Waals surface area contributed by atoms with Crippen LogP contribution < -0.4 is 5.32 Å². The number of nitrogens with one attached hydrogen (secondary N) is 1. The molecule has 2 aromatic carbocycles. The lowest BCUT2D eigenvalue weighted by Gasteiger charge is -2.10. The summed E-state index contributed by atoms with van der Waals surface area (Å²) in [7, 11) is 0. The molecule has 0 aliphatic rings. The summed E-state index contributed by atoms with van der Waals surface area (Å²) in [5.41, 5.74) is -0.165. The molecule has 2 N–H and O–H groups in total. The highest BCUT2D eigenvalue weighted by Gasteiger charge is 2.16. The molecule has 0 aliphatic heterocycles. The van der Waals surface area contributed by atoms with Gasteiger partial charge in [0.25, 0.3) is 5.91 Å². The van der Waals surface area contributed by atoms with Gasteiger partial charge >= 0.3 is 0 Å². The lowest BCUT2D eigenvalue weighted by atomic mass is 10.2. The minimum absolute atomic E-state index is 0.00637. The van der Waals surface area contributed by atoms with Gasteiger partial charge in [-0.25, -0.2) is 4.39 Å². The van der Waals surface area contributed by atoms with Crippen molar-refractivity contribution < 1.29 is 14.3 Å². The Kier molecular flexibility index (Phi) is 4.52. The smallest absolute Gasteiger partial charge is 0.258 e. The largest absolute Gasteiger partial charge is 0.504 e. The van der Waals surface area contributed by atoms with E-state index in [1.807, 2.05) is 0 Å². The summed E-state index contributed by atoms with van der Waals surface area (Å²) in [4.78, 5) is 12.0. The Morgan fingerprint density at radius 3 is 2.70 bits per heavy atom. The van der Waals surface area contributed by atoms with Crippen LogP contribution in [0.3, 0.4) is 0 Å². The third-order valence-corrected chi connectivity index (χ3v) is 3.59. The normalized spacial score (nSPS) is 10.4. The van der Waals surface area contributed by atoms with E-state index in [-0.39, 0.29) is 31.5 Å². The van der Waals surface area contributed by atoms with Crippen molar-refractivity contribution in [1.82, 2.24) is 0 Å². The number of phenols is 1. The number of hydrogen-bond acceptors (Lipinski definition) is 2. The zero-order valence-corrected chi connectivity index (χ0v) is 12.9. The molecule has 2 aromatic rings. The highest BCUT2D eigenvalue weighted by Crippen LogP contribution is 2.35. The molecule has 0 heterocycles. The predicted octanol–water partition coefficient (Wildman–Crippen LogP) is 4.85. The minimum atomic E-state index is -0.725. The first-order valence-corrected chi connectivity index (χ1v) is 6.88. The molecular weight excluding hydrogens is 372 g/mol. The zero-order valence-electron chi connectivity index (χ0n) is 9.75. The molecule has 0 saturated heterocycles. The maximum atomic E-state index is 13.8. The van der Waals surface area contributed by atoms with E-state index in [4.69, 9.17) is 23.2 Å². The molecule has 0 radical (unpaired) electrons. The van der Waals surface area contributed by atoms with Crippen LogP contribution in [0.4, 0.5) is 10.1 Å². The van der Waals surface area contributed by atoms with Gasteiger partial charge in [0.2, 0.25) is 0 Å². The fourth-order valence-electron chi connectivity index (χ4n) is 1.53. The number of carbonyl (C=O) groups is 1. The zero-order chi connectivity index (χ0) is 14.9. The van der Waals surface area contributed by atoms with Crippen molar-refractivity contribution >= 4 is 50.7 Å². The van der Waals surface area contributed by atoms with Gasteiger partial charge in [-0.05, 0) is 40.2 Å². The van der Waals surface area contributed by atoms with E-state index in [0.717, 1.165) is 0 Å². The molecule has 2 rings (SSSR count). The first kappa shape index (κ1) is 15.1. The number of phenolic OH excluding ortho intramolecular Hbond substituents is 1. The van der Waals surface area contributed by atoms with E-state index in [9.17, 15) is 14.3 Å². The van der Waals surface area contributed by atoms with Crippen LogP contribution in [0.5, 0.6) is 5.75 Å². The predicted molar refractivity (Wildman–Crippen MR) is 80.2 cm³/mol. The van der Waals surface area contributed by atoms with Crippen molar-refractivity contribution in [2.75, 3.05) is 5.32 Å². The van der Waals surface area contributed by atoms with Gasteiger partial charge in [0.15, 0.2) is 5.75 Å². The molecular formula is C13H7BrCl2FNO2. The first-order chi connectivity index (χ1) is 9.40. The second kappa shape index (κ2) is 5.99. The molecule has 20 heavy (non-hydrogen) atoms. The van der Waals surface area contributed by atoms with Crippen LogP contribution in [0.25, 0.3) is 0 Å². The molecule has 0 bridgehead atoms. The summed E-state index contributed by atoms with van der Waals surface area (Å²) < 4.78 is 14.0. The van der Waals surface area contributed by atoms with Gasteiger partial charge in [0.1, 0.15) is 5.82 Å². The van der Waals surface area contributed by atoms with Crippen molar-refractivity contribution in [3.8, 4) is 5.75 Å². The highest BCUT2D eigenvalue weighted by atomic mass is 79.9. The number of hydrogen-bond donors (Lipinski definition) is 2. The second-order valence-electron chi connectivity index (χ2n) is 3.84. The van der Waals surface area contributed by atoms with Crippen LogP contribution in [0.1, 0.15) is 10.4 Å². The SMILES string of the molecule is O=C(Nc1cc(Cl)cc(Cl)c1O)c1cccc(Br)c1F. The van der Waals surface area contributed by atoms with Crippen molar-refractivity contribution in [3.05, 3.63) is 56.2 Å². The van der Waals surface area contributed by atoms with Crippen LogP contribution in [0.2, 0.25) is 10.0 Å². The Morgan fingerprint density at radius 2 is 2.00 bits per heavy atom. The number of benzene rings is 2. The molecule has 0 atom stereocenters. The maximum absolute atomic E-state index is 13.8. The molecule has 104 valence electrons. The van der Waals surface area contributed by atoms with E-state index in [1.165, 1.54) is 30.3 Å². The Balaban J connectivity index is 2.35. The Bertz CT molecular complexity index is 694. The fourth-order valence-corrected chi connectivity index (χ4v) is 2.39. The Morgan fingerprint density at radius 1 is 1.30 bits per heavy atom. The maximum Gasteiger partial charge on any atom is 0.258 e. The average Bonchev–Trinajstić information content (AvgIpc) is 2.38. The monoisotopic (exact) mass is 377 g/mol. The molecule has 0 spiro atoms. The van der Waals surface area contributed by atoms with Gasteiger partial charge in [-0.3, -0.25) is 4.79 Å². The van der Waals surface area contributed by atoms with Crippen LogP contribution in [-0.4, -0.2) is 11.0 Å². The first-order valence-electron chi connectivity index (χ1n) is 5.33. The van der Waals surface area contributed by atoms with Crippen LogP contribution in [-0.2, 0) is 0 Å². The van der Waals surface area contributed by atoms with Gasteiger partial charge in [-0.2, -0.15) is 0 Å². The van der Waals surface area contributed by atoms with Gasteiger partial charge in [0.05, 0.1) is 20.7 Å². The van der Waals surface area contributed by atoms with Crippen molar-refractivity contribution in [3.63, 3.8) is 0 Å². The highest BCUT2D eigenvalue weighted by molar-refractivity contribution is 9.10. The van der Waals surface area contributed by atoms with E-state index in [2.05, 4.69) is 21.2 Å². The lowest BCUT2D eigenvalue weighted by Crippen LogP contribution is -2.14. The van der Waals surface area contributed by atoms with Gasteiger partial charge in [-0.1, -0.05) is 29.3 Å². The van der Waals surface area contributed by atoms with Gasteiger partial charge in [-0.15, -0.1) is 0 Å². The van der Waals surface area contributed by atoms with Crippen molar-refractivity contribution in [2.45, 2.75) is 0 Å². The third kappa shape index (κ3) is 3.06. The molecule has 0 unspecified atom stereocenters. The molecule has 3 nitrogen and oxygen atoms in total. The summed E-state index contributed by atoms with van der Waals surface area (Å²) in [6.45, 7) is 0. The quantitative estimate of drug-likeness (QED) is 0.733. The third-order valence-electron chi connectivity index (χ3n) is 2.47. The molecule has 0 aromatic heterocycles. The Labute approximate surface area is 132 Å². The fraction of sp³-hybridized carbons (Fsp3) is 0. The number of aromatic hydroxyl groups is 1. The van der Waals surface area contributed by atoms with E-state index < -0.39 is 11.7 Å². The number of amides is 1.